The Bertz CT molecular complexity index is 1370. The van der Waals surface area contributed by atoms with Gasteiger partial charge in [0.05, 0.1) is 26.1 Å². The largest absolute Gasteiger partial charge is 0.493 e. The molecule has 1 fully saturated rings. The maximum atomic E-state index is 12.8. The van der Waals surface area contributed by atoms with Crippen LogP contribution in [0.3, 0.4) is 0 Å². The van der Waals surface area contributed by atoms with E-state index in [0.717, 1.165) is 5.56 Å². The smallest absolute Gasteiger partial charge is 0.254 e. The van der Waals surface area contributed by atoms with E-state index >= 15 is 0 Å². The molecule has 0 bridgehead atoms. The zero-order chi connectivity index (χ0) is 24.4. The Hall–Kier alpha value is -4.54. The first-order valence-electron chi connectivity index (χ1n) is 11.0. The summed E-state index contributed by atoms with van der Waals surface area (Å²) in [6.07, 6.45) is 4.88. The molecule has 0 radical (unpaired) electrons. The van der Waals surface area contributed by atoms with Gasteiger partial charge in [-0.25, -0.2) is 9.97 Å². The number of anilines is 2. The van der Waals surface area contributed by atoms with E-state index < -0.39 is 0 Å². The fourth-order valence-electron chi connectivity index (χ4n) is 4.06. The van der Waals surface area contributed by atoms with Gasteiger partial charge in [0, 0.05) is 49.7 Å². The molecular formula is C24H24N8O3. The Morgan fingerprint density at radius 1 is 0.943 bits per heavy atom. The summed E-state index contributed by atoms with van der Waals surface area (Å²) < 4.78 is 10.8. The fourth-order valence-corrected chi connectivity index (χ4v) is 4.06. The minimum Gasteiger partial charge on any atom is -0.493 e. The molecule has 178 valence electrons. The molecule has 4 aromatic rings. The van der Waals surface area contributed by atoms with E-state index in [1.54, 1.807) is 44.9 Å². The van der Waals surface area contributed by atoms with Crippen molar-refractivity contribution in [2.24, 2.45) is 0 Å². The molecule has 0 saturated carbocycles. The van der Waals surface area contributed by atoms with Crippen LogP contribution < -0.4 is 20.1 Å². The quantitative estimate of drug-likeness (QED) is 0.460. The molecule has 5 rings (SSSR count). The second-order valence-corrected chi connectivity index (χ2v) is 7.92. The average molecular weight is 473 g/mol. The minimum atomic E-state index is -0.0189. The highest BCUT2D eigenvalue weighted by Gasteiger charge is 2.25. The van der Waals surface area contributed by atoms with Gasteiger partial charge in [0.1, 0.15) is 0 Å². The number of ether oxygens (including phenoxy) is 2. The SMILES string of the molecule is COc1ccc(-c2cnc3nc(N)nc(N4CCN(C(=O)c5ccncc5)CC4)c3n2)cc1OC. The number of hydrogen-bond acceptors (Lipinski definition) is 10. The lowest BCUT2D eigenvalue weighted by Crippen LogP contribution is -2.49. The maximum absolute atomic E-state index is 12.8. The summed E-state index contributed by atoms with van der Waals surface area (Å²) in [6, 6.07) is 8.99. The molecule has 3 aromatic heterocycles. The van der Waals surface area contributed by atoms with Gasteiger partial charge in [-0.05, 0) is 30.3 Å². The summed E-state index contributed by atoms with van der Waals surface area (Å²) in [5.74, 6) is 1.92. The molecule has 1 aliphatic rings. The zero-order valence-corrected chi connectivity index (χ0v) is 19.4. The van der Waals surface area contributed by atoms with Crippen LogP contribution in [0.2, 0.25) is 0 Å². The van der Waals surface area contributed by atoms with Crippen LogP contribution in [-0.4, -0.2) is 76.1 Å². The molecule has 1 aliphatic heterocycles. The molecule has 35 heavy (non-hydrogen) atoms. The van der Waals surface area contributed by atoms with Crippen LogP contribution in [0.1, 0.15) is 10.4 Å². The van der Waals surface area contributed by atoms with Crippen molar-refractivity contribution in [1.82, 2.24) is 29.8 Å². The highest BCUT2D eigenvalue weighted by Crippen LogP contribution is 2.32. The number of aromatic nitrogens is 5. The summed E-state index contributed by atoms with van der Waals surface area (Å²) in [6.45, 7) is 2.22. The first-order chi connectivity index (χ1) is 17.1. The van der Waals surface area contributed by atoms with Gasteiger partial charge >= 0.3 is 0 Å². The summed E-state index contributed by atoms with van der Waals surface area (Å²) in [5, 5.41) is 0. The Morgan fingerprint density at radius 3 is 2.40 bits per heavy atom. The second-order valence-electron chi connectivity index (χ2n) is 7.92. The van der Waals surface area contributed by atoms with Gasteiger partial charge in [0.25, 0.3) is 5.91 Å². The lowest BCUT2D eigenvalue weighted by Gasteiger charge is -2.35. The fraction of sp³-hybridized carbons (Fsp3) is 0.250. The molecule has 1 saturated heterocycles. The van der Waals surface area contributed by atoms with Gasteiger partial charge in [-0.3, -0.25) is 9.78 Å². The third-order valence-electron chi connectivity index (χ3n) is 5.88. The van der Waals surface area contributed by atoms with E-state index in [1.165, 1.54) is 0 Å². The highest BCUT2D eigenvalue weighted by molar-refractivity contribution is 5.94. The van der Waals surface area contributed by atoms with Crippen LogP contribution in [0, 0.1) is 0 Å². The number of fused-ring (bicyclic) bond motifs is 1. The maximum Gasteiger partial charge on any atom is 0.254 e. The monoisotopic (exact) mass is 472 g/mol. The number of carbonyl (C=O) groups excluding carboxylic acids is 1. The first kappa shape index (κ1) is 22.3. The molecule has 2 N–H and O–H groups in total. The summed E-state index contributed by atoms with van der Waals surface area (Å²) in [4.78, 5) is 38.7. The van der Waals surface area contributed by atoms with Crippen molar-refractivity contribution in [3.63, 3.8) is 0 Å². The van der Waals surface area contributed by atoms with Crippen LogP contribution in [0.5, 0.6) is 11.5 Å². The van der Waals surface area contributed by atoms with E-state index in [9.17, 15) is 4.79 Å². The predicted octanol–water partition coefficient (Wildman–Crippen LogP) is 2.04. The van der Waals surface area contributed by atoms with Crippen molar-refractivity contribution in [2.75, 3.05) is 51.0 Å². The van der Waals surface area contributed by atoms with E-state index in [2.05, 4.69) is 24.8 Å². The third kappa shape index (κ3) is 4.35. The number of carbonyl (C=O) groups is 1. The van der Waals surface area contributed by atoms with Crippen LogP contribution in [0.15, 0.2) is 48.9 Å². The molecule has 0 unspecified atom stereocenters. The number of nitrogen functional groups attached to an aromatic ring is 1. The van der Waals surface area contributed by atoms with Gasteiger partial charge in [0.15, 0.2) is 28.5 Å². The van der Waals surface area contributed by atoms with Crippen LogP contribution >= 0.6 is 0 Å². The van der Waals surface area contributed by atoms with Crippen LogP contribution in [0.4, 0.5) is 11.8 Å². The summed E-state index contributed by atoms with van der Waals surface area (Å²) >= 11 is 0. The number of nitrogens with zero attached hydrogens (tertiary/aromatic N) is 7. The molecule has 0 aliphatic carbocycles. The summed E-state index contributed by atoms with van der Waals surface area (Å²) in [7, 11) is 3.17. The van der Waals surface area contributed by atoms with Crippen molar-refractivity contribution in [1.29, 1.82) is 0 Å². The standard InChI is InChI=1S/C24H24N8O3/c1-34-18-4-3-16(13-19(18)35-2)17-14-27-21-20(28-17)22(30-24(25)29-21)31-9-11-32(12-10-31)23(33)15-5-7-26-8-6-15/h3-8,13-14H,9-12H2,1-2H3,(H2,25,27,29,30). The molecule has 1 aromatic carbocycles. The first-order valence-corrected chi connectivity index (χ1v) is 11.0. The number of nitrogens with two attached hydrogens (primary N) is 1. The molecule has 11 nitrogen and oxygen atoms in total. The second kappa shape index (κ2) is 9.37. The average Bonchev–Trinajstić information content (AvgIpc) is 2.92. The molecular weight excluding hydrogens is 448 g/mol. The van der Waals surface area contributed by atoms with Crippen LogP contribution in [-0.2, 0) is 0 Å². The Balaban J connectivity index is 1.44. The number of pyridine rings is 1. The molecule has 11 heteroatoms. The Kier molecular flexibility index (Phi) is 5.96. The minimum absolute atomic E-state index is 0.0189. The lowest BCUT2D eigenvalue weighted by atomic mass is 10.1. The van der Waals surface area contributed by atoms with Gasteiger partial charge in [-0.15, -0.1) is 0 Å². The van der Waals surface area contributed by atoms with E-state index in [4.69, 9.17) is 20.2 Å². The van der Waals surface area contributed by atoms with Crippen LogP contribution in [0.25, 0.3) is 22.4 Å². The van der Waals surface area contributed by atoms with Crippen molar-refractivity contribution >= 4 is 28.8 Å². The van der Waals surface area contributed by atoms with Crippen molar-refractivity contribution in [3.8, 4) is 22.8 Å². The summed E-state index contributed by atoms with van der Waals surface area (Å²) in [5.41, 5.74) is 9.01. The highest BCUT2D eigenvalue weighted by atomic mass is 16.5. The van der Waals surface area contributed by atoms with Crippen molar-refractivity contribution in [2.45, 2.75) is 0 Å². The number of rotatable bonds is 5. The third-order valence-corrected chi connectivity index (χ3v) is 5.88. The van der Waals surface area contributed by atoms with Gasteiger partial charge in [-0.1, -0.05) is 0 Å². The topological polar surface area (TPSA) is 132 Å². The van der Waals surface area contributed by atoms with Crippen molar-refractivity contribution < 1.29 is 14.3 Å². The number of piperazine rings is 1. The lowest BCUT2D eigenvalue weighted by molar-refractivity contribution is 0.0746. The van der Waals surface area contributed by atoms with Gasteiger partial charge in [-0.2, -0.15) is 9.97 Å². The number of methoxy groups -OCH3 is 2. The molecule has 0 spiro atoms. The van der Waals surface area contributed by atoms with Gasteiger partial charge < -0.3 is 25.0 Å². The Labute approximate surface area is 201 Å². The number of benzene rings is 1. The Morgan fingerprint density at radius 2 is 1.69 bits per heavy atom. The molecule has 4 heterocycles. The number of amides is 1. The predicted molar refractivity (Wildman–Crippen MR) is 130 cm³/mol. The zero-order valence-electron chi connectivity index (χ0n) is 19.4. The van der Waals surface area contributed by atoms with Crippen molar-refractivity contribution in [3.05, 3.63) is 54.5 Å². The van der Waals surface area contributed by atoms with E-state index in [-0.39, 0.29) is 11.9 Å². The van der Waals surface area contributed by atoms with Gasteiger partial charge in [0.2, 0.25) is 5.95 Å². The van der Waals surface area contributed by atoms with E-state index in [0.29, 0.717) is 65.9 Å². The normalized spacial score (nSPS) is 13.7. The van der Waals surface area contributed by atoms with E-state index in [1.807, 2.05) is 23.1 Å². The molecule has 1 amide bonds. The molecule has 0 atom stereocenters. The number of hydrogen-bond donors (Lipinski definition) is 1.